The summed E-state index contributed by atoms with van der Waals surface area (Å²) in [4.78, 5) is 22.8. The molecule has 1 amide bonds. The standard InChI is InChI=1S/C18H20N4OS/c1-13-6-8-15(9-7-13)24-18-20-12-16(22(18)3)17(23)21(2)14-5-4-10-19-11-14/h4-8,10-12,15H,9H2,1-3H3. The Balaban J connectivity index is 1.75. The average Bonchev–Trinajstić information content (AvgIpc) is 2.97. The van der Waals surface area contributed by atoms with Gasteiger partial charge in [-0.25, -0.2) is 4.98 Å². The van der Waals surface area contributed by atoms with Crippen molar-refractivity contribution in [3.63, 3.8) is 0 Å². The highest BCUT2D eigenvalue weighted by atomic mass is 32.2. The zero-order valence-electron chi connectivity index (χ0n) is 14.0. The van der Waals surface area contributed by atoms with Crippen LogP contribution in [0.3, 0.4) is 0 Å². The van der Waals surface area contributed by atoms with Crippen LogP contribution < -0.4 is 4.90 Å². The molecule has 1 aliphatic rings. The maximum Gasteiger partial charge on any atom is 0.276 e. The smallest absolute Gasteiger partial charge is 0.276 e. The van der Waals surface area contributed by atoms with E-state index in [9.17, 15) is 4.79 Å². The van der Waals surface area contributed by atoms with Gasteiger partial charge < -0.3 is 9.47 Å². The molecule has 1 atom stereocenters. The second-order valence-electron chi connectivity index (χ2n) is 5.76. The molecule has 0 bridgehead atoms. The number of pyridine rings is 1. The second-order valence-corrected chi connectivity index (χ2v) is 6.97. The minimum Gasteiger partial charge on any atom is -0.318 e. The van der Waals surface area contributed by atoms with E-state index in [0.717, 1.165) is 17.3 Å². The molecule has 0 aromatic carbocycles. The first-order chi connectivity index (χ1) is 11.6. The number of hydrogen-bond donors (Lipinski definition) is 0. The van der Waals surface area contributed by atoms with Crippen molar-refractivity contribution in [1.82, 2.24) is 14.5 Å². The molecular formula is C18H20N4OS. The van der Waals surface area contributed by atoms with Gasteiger partial charge in [0.15, 0.2) is 5.16 Å². The molecule has 2 aromatic heterocycles. The summed E-state index contributed by atoms with van der Waals surface area (Å²) in [6, 6.07) is 3.67. The van der Waals surface area contributed by atoms with Crippen LogP contribution in [0.4, 0.5) is 5.69 Å². The lowest BCUT2D eigenvalue weighted by atomic mass is 10.1. The fourth-order valence-electron chi connectivity index (χ4n) is 2.47. The highest BCUT2D eigenvalue weighted by Crippen LogP contribution is 2.29. The van der Waals surface area contributed by atoms with E-state index in [1.54, 1.807) is 42.3 Å². The monoisotopic (exact) mass is 340 g/mol. The first kappa shape index (κ1) is 16.5. The zero-order valence-corrected chi connectivity index (χ0v) is 14.8. The summed E-state index contributed by atoms with van der Waals surface area (Å²) in [5.74, 6) is -0.0974. The van der Waals surface area contributed by atoms with E-state index in [4.69, 9.17) is 0 Å². The molecule has 0 aliphatic heterocycles. The van der Waals surface area contributed by atoms with Crippen LogP contribution in [0.5, 0.6) is 0 Å². The number of carbonyl (C=O) groups excluding carboxylic acids is 1. The van der Waals surface area contributed by atoms with Gasteiger partial charge in [-0.15, -0.1) is 0 Å². The minimum absolute atomic E-state index is 0.0974. The van der Waals surface area contributed by atoms with Crippen molar-refractivity contribution < 1.29 is 4.79 Å². The summed E-state index contributed by atoms with van der Waals surface area (Å²) in [5, 5.41) is 1.20. The molecule has 1 aliphatic carbocycles. The molecule has 0 radical (unpaired) electrons. The Bertz CT molecular complexity index is 795. The first-order valence-electron chi connectivity index (χ1n) is 7.77. The van der Waals surface area contributed by atoms with E-state index in [2.05, 4.69) is 35.1 Å². The van der Waals surface area contributed by atoms with Gasteiger partial charge in [-0.2, -0.15) is 0 Å². The van der Waals surface area contributed by atoms with E-state index in [0.29, 0.717) is 10.9 Å². The van der Waals surface area contributed by atoms with Gasteiger partial charge in [-0.3, -0.25) is 9.78 Å². The average molecular weight is 340 g/mol. The maximum absolute atomic E-state index is 12.7. The maximum atomic E-state index is 12.7. The fraction of sp³-hybridized carbons (Fsp3) is 0.278. The third-order valence-electron chi connectivity index (χ3n) is 4.01. The van der Waals surface area contributed by atoms with E-state index in [1.807, 2.05) is 23.7 Å². The van der Waals surface area contributed by atoms with Crippen LogP contribution in [0, 0.1) is 0 Å². The van der Waals surface area contributed by atoms with Gasteiger partial charge in [-0.05, 0) is 25.5 Å². The van der Waals surface area contributed by atoms with Crippen molar-refractivity contribution in [1.29, 1.82) is 0 Å². The normalized spacial score (nSPS) is 16.8. The Labute approximate surface area is 146 Å². The quantitative estimate of drug-likeness (QED) is 0.855. The molecule has 2 aromatic rings. The molecule has 5 nitrogen and oxygen atoms in total. The Kier molecular flexibility index (Phi) is 4.85. The van der Waals surface area contributed by atoms with Gasteiger partial charge in [0.1, 0.15) is 5.69 Å². The lowest BCUT2D eigenvalue weighted by Gasteiger charge is -2.17. The number of rotatable bonds is 4. The van der Waals surface area contributed by atoms with Crippen molar-refractivity contribution in [2.45, 2.75) is 23.8 Å². The molecule has 0 saturated heterocycles. The van der Waals surface area contributed by atoms with Crippen LogP contribution in [-0.4, -0.2) is 32.7 Å². The van der Waals surface area contributed by atoms with E-state index >= 15 is 0 Å². The van der Waals surface area contributed by atoms with E-state index in [-0.39, 0.29) is 5.91 Å². The summed E-state index contributed by atoms with van der Waals surface area (Å²) >= 11 is 1.68. The predicted octanol–water partition coefficient (Wildman–Crippen LogP) is 3.46. The summed E-state index contributed by atoms with van der Waals surface area (Å²) in [7, 11) is 3.63. The van der Waals surface area contributed by atoms with Crippen molar-refractivity contribution >= 4 is 23.4 Å². The van der Waals surface area contributed by atoms with Gasteiger partial charge >= 0.3 is 0 Å². The molecule has 0 N–H and O–H groups in total. The number of carbonyl (C=O) groups is 1. The summed E-state index contributed by atoms with van der Waals surface area (Å²) in [6.45, 7) is 2.10. The van der Waals surface area contributed by atoms with Crippen molar-refractivity contribution in [3.05, 3.63) is 60.2 Å². The van der Waals surface area contributed by atoms with Crippen molar-refractivity contribution in [2.75, 3.05) is 11.9 Å². The molecule has 2 heterocycles. The molecule has 1 unspecified atom stereocenters. The second kappa shape index (κ2) is 7.05. The van der Waals surface area contributed by atoms with Crippen LogP contribution in [0.2, 0.25) is 0 Å². The molecule has 24 heavy (non-hydrogen) atoms. The van der Waals surface area contributed by atoms with Crippen molar-refractivity contribution in [2.24, 2.45) is 7.05 Å². The van der Waals surface area contributed by atoms with Crippen molar-refractivity contribution in [3.8, 4) is 0 Å². The Morgan fingerprint density at radius 2 is 2.25 bits per heavy atom. The lowest BCUT2D eigenvalue weighted by molar-refractivity contribution is 0.0984. The number of thioether (sulfide) groups is 1. The van der Waals surface area contributed by atoms with Crippen LogP contribution in [0.15, 0.2) is 59.7 Å². The first-order valence-corrected chi connectivity index (χ1v) is 8.65. The number of imidazole rings is 1. The Morgan fingerprint density at radius 1 is 1.42 bits per heavy atom. The number of aromatic nitrogens is 3. The summed E-state index contributed by atoms with van der Waals surface area (Å²) < 4.78 is 1.86. The van der Waals surface area contributed by atoms with E-state index in [1.165, 1.54) is 5.57 Å². The third-order valence-corrected chi connectivity index (χ3v) is 5.25. The van der Waals surface area contributed by atoms with Gasteiger partial charge in [0, 0.05) is 25.5 Å². The number of allylic oxidation sites excluding steroid dienone is 3. The molecule has 0 saturated carbocycles. The third kappa shape index (κ3) is 3.43. The van der Waals surface area contributed by atoms with Gasteiger partial charge in [0.05, 0.1) is 18.1 Å². The van der Waals surface area contributed by atoms with Crippen LogP contribution in [0.1, 0.15) is 23.8 Å². The highest BCUT2D eigenvalue weighted by Gasteiger charge is 2.21. The Hall–Kier alpha value is -2.34. The molecular weight excluding hydrogens is 320 g/mol. The van der Waals surface area contributed by atoms with E-state index < -0.39 is 0 Å². The molecule has 0 fully saturated rings. The van der Waals surface area contributed by atoms with Gasteiger partial charge in [0.25, 0.3) is 5.91 Å². The Morgan fingerprint density at radius 3 is 2.92 bits per heavy atom. The summed E-state index contributed by atoms with van der Waals surface area (Å²) in [6.07, 6.45) is 12.5. The molecule has 3 rings (SSSR count). The lowest BCUT2D eigenvalue weighted by Crippen LogP contribution is -2.28. The molecule has 0 spiro atoms. The number of anilines is 1. The van der Waals surface area contributed by atoms with Crippen LogP contribution >= 0.6 is 11.8 Å². The number of amides is 1. The molecule has 6 heteroatoms. The van der Waals surface area contributed by atoms with Crippen LogP contribution in [-0.2, 0) is 7.05 Å². The topological polar surface area (TPSA) is 51.0 Å². The number of hydrogen-bond acceptors (Lipinski definition) is 4. The highest BCUT2D eigenvalue weighted by molar-refractivity contribution is 7.99. The molecule has 124 valence electrons. The predicted molar refractivity (Wildman–Crippen MR) is 97.3 cm³/mol. The SMILES string of the molecule is CC1=CCC(Sc2ncc(C(=O)N(C)c3cccnc3)n2C)C=C1. The minimum atomic E-state index is -0.0974. The number of nitrogens with zero attached hydrogens (tertiary/aromatic N) is 4. The van der Waals surface area contributed by atoms with Gasteiger partial charge in [0.2, 0.25) is 0 Å². The zero-order chi connectivity index (χ0) is 17.1. The van der Waals surface area contributed by atoms with Gasteiger partial charge in [-0.1, -0.05) is 35.6 Å². The van der Waals surface area contributed by atoms with Crippen LogP contribution in [0.25, 0.3) is 0 Å². The summed E-state index contributed by atoms with van der Waals surface area (Å²) in [5.41, 5.74) is 2.62. The largest absolute Gasteiger partial charge is 0.318 e. The fourth-order valence-corrected chi connectivity index (χ4v) is 3.46.